The lowest BCUT2D eigenvalue weighted by Gasteiger charge is -2.31. The summed E-state index contributed by atoms with van der Waals surface area (Å²) in [5.41, 5.74) is -0.510. The summed E-state index contributed by atoms with van der Waals surface area (Å²) in [5.74, 6) is -1.00. The molecule has 0 radical (unpaired) electrons. The van der Waals surface area contributed by atoms with E-state index in [0.29, 0.717) is 13.2 Å². The van der Waals surface area contributed by atoms with Crippen molar-refractivity contribution in [2.24, 2.45) is 0 Å². The molecular formula is C13H16N2O5. The molecule has 1 N–H and O–H groups in total. The molecule has 1 aliphatic rings. The van der Waals surface area contributed by atoms with Gasteiger partial charge in [-0.15, -0.1) is 0 Å². The van der Waals surface area contributed by atoms with Gasteiger partial charge in [0, 0.05) is 32.4 Å². The molecule has 1 amide bonds. The Morgan fingerprint density at radius 3 is 2.70 bits per heavy atom. The summed E-state index contributed by atoms with van der Waals surface area (Å²) < 4.78 is 5.23. The van der Waals surface area contributed by atoms with Gasteiger partial charge in [0.05, 0.1) is 10.5 Å². The number of phenols is 1. The number of rotatable bonds is 3. The van der Waals surface area contributed by atoms with Crippen molar-refractivity contribution < 1.29 is 19.6 Å². The SMILES string of the molecule is CN(C(=O)c1cccc([N+](=O)[O-])c1O)C1CCOCC1. The van der Waals surface area contributed by atoms with E-state index in [1.54, 1.807) is 7.05 Å². The topological polar surface area (TPSA) is 92.9 Å². The third-order valence-electron chi connectivity index (χ3n) is 3.50. The third kappa shape index (κ3) is 2.72. The molecule has 20 heavy (non-hydrogen) atoms. The number of nitrogens with zero attached hydrogens (tertiary/aromatic N) is 2. The van der Waals surface area contributed by atoms with Crippen LogP contribution in [-0.4, -0.2) is 47.1 Å². The predicted molar refractivity (Wildman–Crippen MR) is 70.7 cm³/mol. The van der Waals surface area contributed by atoms with Crippen molar-refractivity contribution in [1.82, 2.24) is 4.90 Å². The van der Waals surface area contributed by atoms with Crippen molar-refractivity contribution in [2.45, 2.75) is 18.9 Å². The van der Waals surface area contributed by atoms with Crippen LogP contribution < -0.4 is 0 Å². The highest BCUT2D eigenvalue weighted by Gasteiger charge is 2.27. The molecular weight excluding hydrogens is 264 g/mol. The molecule has 1 saturated heterocycles. The second-order valence-electron chi connectivity index (χ2n) is 4.69. The monoisotopic (exact) mass is 280 g/mol. The molecule has 0 bridgehead atoms. The number of hydrogen-bond donors (Lipinski definition) is 1. The Hall–Kier alpha value is -2.15. The molecule has 1 aliphatic heterocycles. The molecule has 0 aromatic heterocycles. The third-order valence-corrected chi connectivity index (χ3v) is 3.50. The number of hydrogen-bond acceptors (Lipinski definition) is 5. The van der Waals surface area contributed by atoms with E-state index in [9.17, 15) is 20.0 Å². The quantitative estimate of drug-likeness (QED) is 0.669. The Morgan fingerprint density at radius 1 is 1.45 bits per heavy atom. The Bertz CT molecular complexity index is 525. The summed E-state index contributed by atoms with van der Waals surface area (Å²) in [7, 11) is 1.64. The molecule has 2 rings (SSSR count). The molecule has 0 aliphatic carbocycles. The minimum atomic E-state index is -0.708. The van der Waals surface area contributed by atoms with Gasteiger partial charge in [-0.2, -0.15) is 0 Å². The summed E-state index contributed by atoms with van der Waals surface area (Å²) in [6.45, 7) is 1.17. The van der Waals surface area contributed by atoms with Gasteiger partial charge < -0.3 is 14.7 Å². The second kappa shape index (κ2) is 5.87. The van der Waals surface area contributed by atoms with Crippen molar-refractivity contribution >= 4 is 11.6 Å². The van der Waals surface area contributed by atoms with E-state index in [1.807, 2.05) is 0 Å². The summed E-state index contributed by atoms with van der Waals surface area (Å²) in [5, 5.41) is 20.6. The van der Waals surface area contributed by atoms with Gasteiger partial charge in [0.25, 0.3) is 5.91 Å². The van der Waals surface area contributed by atoms with Crippen molar-refractivity contribution in [3.05, 3.63) is 33.9 Å². The number of benzene rings is 1. The van der Waals surface area contributed by atoms with Crippen molar-refractivity contribution in [3.8, 4) is 5.75 Å². The molecule has 0 spiro atoms. The highest BCUT2D eigenvalue weighted by Crippen LogP contribution is 2.30. The number of amides is 1. The van der Waals surface area contributed by atoms with Gasteiger partial charge in [-0.25, -0.2) is 0 Å². The van der Waals surface area contributed by atoms with Crippen LogP contribution in [0, 0.1) is 10.1 Å². The molecule has 7 heteroatoms. The lowest BCUT2D eigenvalue weighted by atomic mass is 10.1. The Kier molecular flexibility index (Phi) is 4.19. The fourth-order valence-corrected chi connectivity index (χ4v) is 2.28. The molecule has 0 atom stereocenters. The van der Waals surface area contributed by atoms with Gasteiger partial charge >= 0.3 is 5.69 Å². The van der Waals surface area contributed by atoms with E-state index in [-0.39, 0.29) is 11.6 Å². The van der Waals surface area contributed by atoms with Crippen LogP contribution in [0.15, 0.2) is 18.2 Å². The minimum absolute atomic E-state index is 0.0231. The molecule has 108 valence electrons. The van der Waals surface area contributed by atoms with Crippen LogP contribution in [0.4, 0.5) is 5.69 Å². The van der Waals surface area contributed by atoms with E-state index in [2.05, 4.69) is 0 Å². The van der Waals surface area contributed by atoms with E-state index < -0.39 is 22.3 Å². The maximum Gasteiger partial charge on any atom is 0.311 e. The fraction of sp³-hybridized carbons (Fsp3) is 0.462. The average Bonchev–Trinajstić information content (AvgIpc) is 2.46. The highest BCUT2D eigenvalue weighted by atomic mass is 16.6. The molecule has 0 saturated carbocycles. The Morgan fingerprint density at radius 2 is 2.10 bits per heavy atom. The molecule has 7 nitrogen and oxygen atoms in total. The number of ether oxygens (including phenoxy) is 1. The zero-order valence-corrected chi connectivity index (χ0v) is 11.1. The van der Waals surface area contributed by atoms with Crippen LogP contribution in [0.2, 0.25) is 0 Å². The molecule has 1 aromatic carbocycles. The van der Waals surface area contributed by atoms with Gasteiger partial charge in [0.1, 0.15) is 0 Å². The Labute approximate surface area is 115 Å². The van der Waals surface area contributed by atoms with E-state index in [1.165, 1.54) is 23.1 Å². The molecule has 1 aromatic rings. The normalized spacial score (nSPS) is 15.8. The van der Waals surface area contributed by atoms with E-state index >= 15 is 0 Å². The minimum Gasteiger partial charge on any atom is -0.502 e. The molecule has 1 fully saturated rings. The summed E-state index contributed by atoms with van der Waals surface area (Å²) in [6, 6.07) is 3.97. The van der Waals surface area contributed by atoms with Gasteiger partial charge in [-0.1, -0.05) is 6.07 Å². The summed E-state index contributed by atoms with van der Waals surface area (Å²) in [4.78, 5) is 23.9. The van der Waals surface area contributed by atoms with Crippen molar-refractivity contribution in [3.63, 3.8) is 0 Å². The van der Waals surface area contributed by atoms with Crippen LogP contribution in [0.3, 0.4) is 0 Å². The maximum atomic E-state index is 12.3. The van der Waals surface area contributed by atoms with Gasteiger partial charge in [0.2, 0.25) is 5.75 Å². The number of carbonyl (C=O) groups is 1. The first kappa shape index (κ1) is 14.3. The number of phenolic OH excluding ortho intramolecular Hbond substituents is 1. The Balaban J connectivity index is 2.24. The number of nitro groups is 1. The number of nitro benzene ring substituents is 1. The van der Waals surface area contributed by atoms with Crippen LogP contribution in [0.5, 0.6) is 5.75 Å². The zero-order valence-electron chi connectivity index (χ0n) is 11.1. The first-order valence-electron chi connectivity index (χ1n) is 6.33. The largest absolute Gasteiger partial charge is 0.502 e. The lowest BCUT2D eigenvalue weighted by Crippen LogP contribution is -2.40. The number of aromatic hydroxyl groups is 1. The van der Waals surface area contributed by atoms with Crippen LogP contribution >= 0.6 is 0 Å². The number of para-hydroxylation sites is 1. The standard InChI is InChI=1S/C13H16N2O5/c1-14(9-5-7-20-8-6-9)13(17)10-3-2-4-11(12(10)16)15(18)19/h2-4,9,16H,5-8H2,1H3. The smallest absolute Gasteiger partial charge is 0.311 e. The second-order valence-corrected chi connectivity index (χ2v) is 4.69. The van der Waals surface area contributed by atoms with E-state index in [0.717, 1.165) is 12.8 Å². The highest BCUT2D eigenvalue weighted by molar-refractivity contribution is 5.98. The maximum absolute atomic E-state index is 12.3. The summed E-state index contributed by atoms with van der Waals surface area (Å²) >= 11 is 0. The lowest BCUT2D eigenvalue weighted by molar-refractivity contribution is -0.385. The van der Waals surface area contributed by atoms with Crippen LogP contribution in [0.1, 0.15) is 23.2 Å². The number of carbonyl (C=O) groups excluding carboxylic acids is 1. The van der Waals surface area contributed by atoms with Gasteiger partial charge in [-0.05, 0) is 18.9 Å². The van der Waals surface area contributed by atoms with Crippen molar-refractivity contribution in [2.75, 3.05) is 20.3 Å². The van der Waals surface area contributed by atoms with Gasteiger partial charge in [0.15, 0.2) is 0 Å². The first-order valence-corrected chi connectivity index (χ1v) is 6.33. The summed E-state index contributed by atoms with van der Waals surface area (Å²) in [6.07, 6.45) is 1.44. The van der Waals surface area contributed by atoms with Crippen LogP contribution in [-0.2, 0) is 4.74 Å². The van der Waals surface area contributed by atoms with Crippen LogP contribution in [0.25, 0.3) is 0 Å². The molecule has 0 unspecified atom stereocenters. The predicted octanol–water partition coefficient (Wildman–Crippen LogP) is 1.55. The zero-order chi connectivity index (χ0) is 14.7. The fourth-order valence-electron chi connectivity index (χ4n) is 2.28. The molecule has 1 heterocycles. The average molecular weight is 280 g/mol. The first-order chi connectivity index (χ1) is 9.52. The van der Waals surface area contributed by atoms with E-state index in [4.69, 9.17) is 4.74 Å². The van der Waals surface area contributed by atoms with Gasteiger partial charge in [-0.3, -0.25) is 14.9 Å². The van der Waals surface area contributed by atoms with Crippen molar-refractivity contribution in [1.29, 1.82) is 0 Å².